The van der Waals surface area contributed by atoms with E-state index in [1.54, 1.807) is 12.1 Å². The van der Waals surface area contributed by atoms with E-state index < -0.39 is 0 Å². The SMILES string of the molecule is CCNC(=NCCOCC1CCCO1)N(C)Cc1cccc(F)c1. The van der Waals surface area contributed by atoms with Gasteiger partial charge >= 0.3 is 0 Å². The lowest BCUT2D eigenvalue weighted by molar-refractivity contribution is 0.0199. The molecule has 5 nitrogen and oxygen atoms in total. The molecule has 1 aromatic rings. The second-order valence-corrected chi connectivity index (χ2v) is 5.93. The normalized spacial score (nSPS) is 18.0. The Labute approximate surface area is 143 Å². The maximum absolute atomic E-state index is 13.3. The van der Waals surface area contributed by atoms with E-state index >= 15 is 0 Å². The number of aliphatic imine (C=N–C) groups is 1. The van der Waals surface area contributed by atoms with Gasteiger partial charge in [-0.25, -0.2) is 4.39 Å². The molecule has 24 heavy (non-hydrogen) atoms. The fourth-order valence-electron chi connectivity index (χ4n) is 2.66. The summed E-state index contributed by atoms with van der Waals surface area (Å²) in [5.74, 6) is 0.577. The molecule has 1 aromatic carbocycles. The Morgan fingerprint density at radius 3 is 3.08 bits per heavy atom. The highest BCUT2D eigenvalue weighted by atomic mass is 19.1. The lowest BCUT2D eigenvalue weighted by Crippen LogP contribution is -2.38. The smallest absolute Gasteiger partial charge is 0.194 e. The van der Waals surface area contributed by atoms with Gasteiger partial charge in [-0.3, -0.25) is 4.99 Å². The fraction of sp³-hybridized carbons (Fsp3) is 0.611. The van der Waals surface area contributed by atoms with Crippen LogP contribution < -0.4 is 5.32 Å². The summed E-state index contributed by atoms with van der Waals surface area (Å²) in [6.07, 6.45) is 2.46. The van der Waals surface area contributed by atoms with Crippen LogP contribution in [0.15, 0.2) is 29.3 Å². The number of hydrogen-bond acceptors (Lipinski definition) is 3. The van der Waals surface area contributed by atoms with Crippen LogP contribution in [0, 0.1) is 5.82 Å². The predicted octanol–water partition coefficient (Wildman–Crippen LogP) is 2.42. The molecule has 0 saturated carbocycles. The van der Waals surface area contributed by atoms with Crippen LogP contribution in [0.5, 0.6) is 0 Å². The molecule has 6 heteroatoms. The van der Waals surface area contributed by atoms with Crippen molar-refractivity contribution >= 4 is 5.96 Å². The molecule has 134 valence electrons. The van der Waals surface area contributed by atoms with E-state index in [1.165, 1.54) is 6.07 Å². The molecule has 1 heterocycles. The second kappa shape index (κ2) is 10.3. The number of ether oxygens (including phenoxy) is 2. The summed E-state index contributed by atoms with van der Waals surface area (Å²) in [7, 11) is 1.94. The highest BCUT2D eigenvalue weighted by molar-refractivity contribution is 5.79. The first-order valence-corrected chi connectivity index (χ1v) is 8.62. The fourth-order valence-corrected chi connectivity index (χ4v) is 2.66. The molecule has 2 rings (SSSR count). The maximum atomic E-state index is 13.3. The molecule has 0 aromatic heterocycles. The summed E-state index contributed by atoms with van der Waals surface area (Å²) in [5.41, 5.74) is 0.915. The predicted molar refractivity (Wildman–Crippen MR) is 93.6 cm³/mol. The second-order valence-electron chi connectivity index (χ2n) is 5.93. The van der Waals surface area contributed by atoms with E-state index in [0.717, 1.165) is 37.5 Å². The van der Waals surface area contributed by atoms with Crippen molar-refractivity contribution in [2.24, 2.45) is 4.99 Å². The van der Waals surface area contributed by atoms with Gasteiger partial charge in [0.2, 0.25) is 0 Å². The van der Waals surface area contributed by atoms with Crippen molar-refractivity contribution in [1.82, 2.24) is 10.2 Å². The molecular weight excluding hydrogens is 309 g/mol. The zero-order valence-corrected chi connectivity index (χ0v) is 14.6. The zero-order valence-electron chi connectivity index (χ0n) is 14.6. The van der Waals surface area contributed by atoms with Crippen molar-refractivity contribution in [3.8, 4) is 0 Å². The number of rotatable bonds is 8. The van der Waals surface area contributed by atoms with Crippen LogP contribution in [-0.4, -0.2) is 56.9 Å². The van der Waals surface area contributed by atoms with Crippen molar-refractivity contribution in [2.75, 3.05) is 40.0 Å². The highest BCUT2D eigenvalue weighted by Gasteiger charge is 2.15. The van der Waals surface area contributed by atoms with Crippen molar-refractivity contribution in [3.05, 3.63) is 35.6 Å². The Balaban J connectivity index is 1.77. The lowest BCUT2D eigenvalue weighted by Gasteiger charge is -2.22. The lowest BCUT2D eigenvalue weighted by atomic mass is 10.2. The molecule has 1 fully saturated rings. The van der Waals surface area contributed by atoms with Crippen molar-refractivity contribution in [3.63, 3.8) is 0 Å². The van der Waals surface area contributed by atoms with Crippen molar-refractivity contribution in [1.29, 1.82) is 0 Å². The van der Waals surface area contributed by atoms with Gasteiger partial charge in [0.1, 0.15) is 5.82 Å². The number of guanidine groups is 1. The molecular formula is C18H28FN3O2. The van der Waals surface area contributed by atoms with Gasteiger partial charge in [0.25, 0.3) is 0 Å². The molecule has 1 aliphatic rings. The van der Waals surface area contributed by atoms with Crippen LogP contribution in [0.4, 0.5) is 4.39 Å². The summed E-state index contributed by atoms with van der Waals surface area (Å²) in [4.78, 5) is 6.55. The third-order valence-electron chi connectivity index (χ3n) is 3.83. The summed E-state index contributed by atoms with van der Waals surface area (Å²) in [6, 6.07) is 6.63. The highest BCUT2D eigenvalue weighted by Crippen LogP contribution is 2.11. The number of nitrogens with zero attached hydrogens (tertiary/aromatic N) is 2. The van der Waals surface area contributed by atoms with E-state index in [0.29, 0.717) is 26.3 Å². The summed E-state index contributed by atoms with van der Waals surface area (Å²) in [6.45, 7) is 6.06. The molecule has 0 bridgehead atoms. The molecule has 1 atom stereocenters. The minimum atomic E-state index is -0.217. The number of benzene rings is 1. The molecule has 0 spiro atoms. The number of nitrogens with one attached hydrogen (secondary N) is 1. The molecule has 0 radical (unpaired) electrons. The third kappa shape index (κ3) is 6.45. The number of halogens is 1. The molecule has 1 saturated heterocycles. The van der Waals surface area contributed by atoms with Crippen molar-refractivity contribution < 1.29 is 13.9 Å². The van der Waals surface area contributed by atoms with Gasteiger partial charge in [0.05, 0.1) is 25.9 Å². The standard InChI is InChI=1S/C18H28FN3O2/c1-3-20-18(21-9-11-23-14-17-8-5-10-24-17)22(2)13-15-6-4-7-16(19)12-15/h4,6-7,12,17H,3,5,8-11,13-14H2,1-2H3,(H,20,21). The van der Waals surface area contributed by atoms with Crippen molar-refractivity contribution in [2.45, 2.75) is 32.4 Å². The average molecular weight is 337 g/mol. The maximum Gasteiger partial charge on any atom is 0.194 e. The van der Waals surface area contributed by atoms with Crippen LogP contribution in [0.1, 0.15) is 25.3 Å². The first kappa shape index (κ1) is 18.7. The molecule has 1 aliphatic heterocycles. The molecule has 0 aliphatic carbocycles. The van der Waals surface area contributed by atoms with E-state index in [9.17, 15) is 4.39 Å². The van der Waals surface area contributed by atoms with E-state index in [1.807, 2.05) is 24.9 Å². The minimum Gasteiger partial charge on any atom is -0.377 e. The van der Waals surface area contributed by atoms with Crippen LogP contribution in [0.2, 0.25) is 0 Å². The zero-order chi connectivity index (χ0) is 17.2. The topological polar surface area (TPSA) is 46.1 Å². The van der Waals surface area contributed by atoms with Crippen LogP contribution >= 0.6 is 0 Å². The Kier molecular flexibility index (Phi) is 7.98. The Morgan fingerprint density at radius 1 is 1.50 bits per heavy atom. The first-order chi connectivity index (χ1) is 11.7. The van der Waals surface area contributed by atoms with Crippen LogP contribution in [-0.2, 0) is 16.0 Å². The molecule has 1 N–H and O–H groups in total. The quantitative estimate of drug-likeness (QED) is 0.450. The van der Waals surface area contributed by atoms with Crippen LogP contribution in [0.25, 0.3) is 0 Å². The summed E-state index contributed by atoms with van der Waals surface area (Å²) >= 11 is 0. The first-order valence-electron chi connectivity index (χ1n) is 8.62. The van der Waals surface area contributed by atoms with Crippen LogP contribution in [0.3, 0.4) is 0 Å². The summed E-state index contributed by atoms with van der Waals surface area (Å²) in [5, 5.41) is 3.25. The van der Waals surface area contributed by atoms with Gasteiger partial charge in [-0.15, -0.1) is 0 Å². The minimum absolute atomic E-state index is 0.217. The monoisotopic (exact) mass is 337 g/mol. The van der Waals surface area contributed by atoms with Gasteiger partial charge in [-0.1, -0.05) is 12.1 Å². The van der Waals surface area contributed by atoms with Gasteiger partial charge in [0, 0.05) is 26.7 Å². The summed E-state index contributed by atoms with van der Waals surface area (Å²) < 4.78 is 24.4. The third-order valence-corrected chi connectivity index (χ3v) is 3.83. The van der Waals surface area contributed by atoms with E-state index in [2.05, 4.69) is 10.3 Å². The number of hydrogen-bond donors (Lipinski definition) is 1. The molecule has 1 unspecified atom stereocenters. The van der Waals surface area contributed by atoms with Gasteiger partial charge in [0.15, 0.2) is 5.96 Å². The largest absolute Gasteiger partial charge is 0.377 e. The van der Waals surface area contributed by atoms with E-state index in [4.69, 9.17) is 9.47 Å². The average Bonchev–Trinajstić information content (AvgIpc) is 3.07. The van der Waals surface area contributed by atoms with Gasteiger partial charge in [-0.2, -0.15) is 0 Å². The Morgan fingerprint density at radius 2 is 2.38 bits per heavy atom. The Bertz CT molecular complexity index is 519. The van der Waals surface area contributed by atoms with E-state index in [-0.39, 0.29) is 11.9 Å². The Hall–Kier alpha value is -1.66. The van der Waals surface area contributed by atoms with Gasteiger partial charge in [-0.05, 0) is 37.5 Å². The van der Waals surface area contributed by atoms with Gasteiger partial charge < -0.3 is 19.7 Å². The molecule has 0 amide bonds.